The van der Waals surface area contributed by atoms with Crippen LogP contribution in [0.4, 0.5) is 0 Å². The maximum absolute atomic E-state index is 13.2. The molecule has 1 atom stereocenters. The van der Waals surface area contributed by atoms with Crippen molar-refractivity contribution in [3.63, 3.8) is 0 Å². The smallest absolute Gasteiger partial charge is 0.242 e. The standard InChI is InChI=1S/C23H28Cl2N2O2/c1-14(2)26-23(29)17(5)27(13-19-6-7-20(24)12-21(19)25)22(28)11-18-9-15(3)8-16(4)10-18/h6-10,12,14,17H,11,13H2,1-5H3,(H,26,29)/t17-/m1/s1. The SMILES string of the molecule is Cc1cc(C)cc(CC(=O)N(Cc2ccc(Cl)cc2Cl)[C@H](C)C(=O)NC(C)C)c1. The lowest BCUT2D eigenvalue weighted by Gasteiger charge is -2.30. The third-order valence-corrected chi connectivity index (χ3v) is 5.18. The highest BCUT2D eigenvalue weighted by Gasteiger charge is 2.27. The van der Waals surface area contributed by atoms with E-state index >= 15 is 0 Å². The van der Waals surface area contributed by atoms with Crippen LogP contribution in [0.15, 0.2) is 36.4 Å². The third-order valence-electron chi connectivity index (χ3n) is 4.59. The van der Waals surface area contributed by atoms with E-state index in [1.54, 1.807) is 30.0 Å². The summed E-state index contributed by atoms with van der Waals surface area (Å²) in [4.78, 5) is 27.4. The summed E-state index contributed by atoms with van der Waals surface area (Å²) in [5.41, 5.74) is 3.88. The van der Waals surface area contributed by atoms with Gasteiger partial charge in [-0.1, -0.05) is 58.6 Å². The molecule has 0 aliphatic heterocycles. The molecular formula is C23H28Cl2N2O2. The van der Waals surface area contributed by atoms with Crippen LogP contribution in [0.5, 0.6) is 0 Å². The number of benzene rings is 2. The van der Waals surface area contributed by atoms with E-state index in [1.807, 2.05) is 39.8 Å². The van der Waals surface area contributed by atoms with Gasteiger partial charge in [-0.25, -0.2) is 0 Å². The highest BCUT2D eigenvalue weighted by Crippen LogP contribution is 2.24. The molecule has 0 bridgehead atoms. The summed E-state index contributed by atoms with van der Waals surface area (Å²) in [5.74, 6) is -0.328. The Morgan fingerprint density at radius 1 is 1.00 bits per heavy atom. The molecule has 29 heavy (non-hydrogen) atoms. The molecule has 0 aliphatic carbocycles. The number of hydrogen-bond acceptors (Lipinski definition) is 2. The summed E-state index contributed by atoms with van der Waals surface area (Å²) >= 11 is 12.3. The highest BCUT2D eigenvalue weighted by molar-refractivity contribution is 6.35. The van der Waals surface area contributed by atoms with E-state index in [-0.39, 0.29) is 30.8 Å². The maximum atomic E-state index is 13.2. The Balaban J connectivity index is 2.31. The largest absolute Gasteiger partial charge is 0.352 e. The van der Waals surface area contributed by atoms with Crippen LogP contribution in [0.2, 0.25) is 10.0 Å². The van der Waals surface area contributed by atoms with Gasteiger partial charge in [0, 0.05) is 22.6 Å². The summed E-state index contributed by atoms with van der Waals surface area (Å²) in [6.07, 6.45) is 0.215. The number of rotatable bonds is 7. The molecule has 2 aromatic carbocycles. The first kappa shape index (κ1) is 23.2. The molecule has 4 nitrogen and oxygen atoms in total. The highest BCUT2D eigenvalue weighted by atomic mass is 35.5. The van der Waals surface area contributed by atoms with Crippen molar-refractivity contribution in [2.45, 2.75) is 59.7 Å². The van der Waals surface area contributed by atoms with E-state index < -0.39 is 6.04 Å². The van der Waals surface area contributed by atoms with Crippen LogP contribution < -0.4 is 5.32 Å². The third kappa shape index (κ3) is 6.76. The maximum Gasteiger partial charge on any atom is 0.242 e. The van der Waals surface area contributed by atoms with Gasteiger partial charge in [-0.15, -0.1) is 0 Å². The molecule has 0 saturated heterocycles. The Morgan fingerprint density at radius 2 is 1.62 bits per heavy atom. The fourth-order valence-electron chi connectivity index (χ4n) is 3.27. The van der Waals surface area contributed by atoms with Gasteiger partial charge in [-0.3, -0.25) is 9.59 Å². The van der Waals surface area contributed by atoms with Gasteiger partial charge in [0.25, 0.3) is 0 Å². The zero-order valence-electron chi connectivity index (χ0n) is 17.6. The molecule has 0 aromatic heterocycles. The number of aryl methyl sites for hydroxylation is 2. The fourth-order valence-corrected chi connectivity index (χ4v) is 3.74. The molecule has 0 spiro atoms. The van der Waals surface area contributed by atoms with Crippen LogP contribution in [0.3, 0.4) is 0 Å². The minimum Gasteiger partial charge on any atom is -0.352 e. The lowest BCUT2D eigenvalue weighted by molar-refractivity contribution is -0.140. The van der Waals surface area contributed by atoms with Gasteiger partial charge in [-0.2, -0.15) is 0 Å². The minimum absolute atomic E-state index is 0.0135. The summed E-state index contributed by atoms with van der Waals surface area (Å²) in [6.45, 7) is 9.76. The van der Waals surface area contributed by atoms with Gasteiger partial charge in [0.05, 0.1) is 6.42 Å². The Kier molecular flexibility index (Phi) is 8.12. The van der Waals surface area contributed by atoms with Crippen molar-refractivity contribution < 1.29 is 9.59 Å². The number of carbonyl (C=O) groups is 2. The molecule has 2 amide bonds. The predicted octanol–water partition coefficient (Wildman–Crippen LogP) is 5.09. The molecule has 0 fully saturated rings. The van der Waals surface area contributed by atoms with Gasteiger partial charge in [0.1, 0.15) is 6.04 Å². The van der Waals surface area contributed by atoms with Crippen LogP contribution in [-0.4, -0.2) is 28.8 Å². The van der Waals surface area contributed by atoms with E-state index in [0.717, 1.165) is 22.3 Å². The summed E-state index contributed by atoms with van der Waals surface area (Å²) in [7, 11) is 0. The molecule has 0 saturated carbocycles. The van der Waals surface area contributed by atoms with Crippen molar-refractivity contribution in [1.29, 1.82) is 0 Å². The van der Waals surface area contributed by atoms with Crippen molar-refractivity contribution in [3.05, 3.63) is 68.7 Å². The van der Waals surface area contributed by atoms with Crippen molar-refractivity contribution in [2.24, 2.45) is 0 Å². The first-order valence-electron chi connectivity index (χ1n) is 9.67. The first-order valence-corrected chi connectivity index (χ1v) is 10.4. The van der Waals surface area contributed by atoms with Gasteiger partial charge < -0.3 is 10.2 Å². The summed E-state index contributed by atoms with van der Waals surface area (Å²) in [5, 5.41) is 3.88. The fraction of sp³-hybridized carbons (Fsp3) is 0.391. The van der Waals surface area contributed by atoms with Gasteiger partial charge in [0.15, 0.2) is 0 Å². The van der Waals surface area contributed by atoms with Crippen LogP contribution in [0, 0.1) is 13.8 Å². The molecule has 1 N–H and O–H groups in total. The summed E-state index contributed by atoms with van der Waals surface area (Å²) in [6, 6.07) is 10.6. The van der Waals surface area contributed by atoms with E-state index in [9.17, 15) is 9.59 Å². The molecule has 0 heterocycles. The van der Waals surface area contributed by atoms with Crippen molar-refractivity contribution in [2.75, 3.05) is 0 Å². The average Bonchev–Trinajstić information content (AvgIpc) is 2.58. The van der Waals surface area contributed by atoms with E-state index in [1.165, 1.54) is 0 Å². The van der Waals surface area contributed by atoms with Gasteiger partial charge in [-0.05, 0) is 57.9 Å². The lowest BCUT2D eigenvalue weighted by Crippen LogP contribution is -2.49. The molecule has 156 valence electrons. The van der Waals surface area contributed by atoms with E-state index in [4.69, 9.17) is 23.2 Å². The van der Waals surface area contributed by atoms with Crippen molar-refractivity contribution in [3.8, 4) is 0 Å². The van der Waals surface area contributed by atoms with E-state index in [0.29, 0.717) is 10.0 Å². The second-order valence-electron chi connectivity index (χ2n) is 7.77. The molecule has 0 unspecified atom stereocenters. The van der Waals surface area contributed by atoms with Crippen molar-refractivity contribution >= 4 is 35.0 Å². The van der Waals surface area contributed by atoms with E-state index in [2.05, 4.69) is 11.4 Å². The Labute approximate surface area is 183 Å². The van der Waals surface area contributed by atoms with Crippen LogP contribution in [0.25, 0.3) is 0 Å². The quantitative estimate of drug-likeness (QED) is 0.658. The van der Waals surface area contributed by atoms with Gasteiger partial charge in [0.2, 0.25) is 11.8 Å². The van der Waals surface area contributed by atoms with Crippen LogP contribution in [-0.2, 0) is 22.6 Å². The monoisotopic (exact) mass is 434 g/mol. The van der Waals surface area contributed by atoms with Crippen LogP contribution in [0.1, 0.15) is 43.0 Å². The topological polar surface area (TPSA) is 49.4 Å². The first-order chi connectivity index (χ1) is 13.6. The lowest BCUT2D eigenvalue weighted by atomic mass is 10.0. The molecule has 0 radical (unpaired) electrons. The van der Waals surface area contributed by atoms with Gasteiger partial charge >= 0.3 is 0 Å². The second kappa shape index (κ2) is 10.1. The number of halogens is 2. The normalized spacial score (nSPS) is 12.0. The summed E-state index contributed by atoms with van der Waals surface area (Å²) < 4.78 is 0. The zero-order valence-corrected chi connectivity index (χ0v) is 19.1. The minimum atomic E-state index is -0.637. The molecule has 0 aliphatic rings. The molecule has 6 heteroatoms. The average molecular weight is 435 g/mol. The predicted molar refractivity (Wildman–Crippen MR) is 119 cm³/mol. The van der Waals surface area contributed by atoms with Crippen LogP contribution >= 0.6 is 23.2 Å². The Bertz CT molecular complexity index is 876. The number of nitrogens with zero attached hydrogens (tertiary/aromatic N) is 1. The number of nitrogens with one attached hydrogen (secondary N) is 1. The zero-order chi connectivity index (χ0) is 21.7. The molecule has 2 aromatic rings. The number of amides is 2. The number of hydrogen-bond donors (Lipinski definition) is 1. The Morgan fingerprint density at radius 3 is 2.17 bits per heavy atom. The Hall–Kier alpha value is -2.04. The second-order valence-corrected chi connectivity index (χ2v) is 8.61. The number of carbonyl (C=O) groups excluding carboxylic acids is 2. The molecule has 2 rings (SSSR count). The molecular weight excluding hydrogens is 407 g/mol. The van der Waals surface area contributed by atoms with Crippen molar-refractivity contribution in [1.82, 2.24) is 10.2 Å².